The fraction of sp³-hybridized carbons (Fsp3) is 0.500. The van der Waals surface area contributed by atoms with Crippen LogP contribution in [0.1, 0.15) is 35.7 Å². The predicted octanol–water partition coefficient (Wildman–Crippen LogP) is 2.62. The van der Waals surface area contributed by atoms with Crippen LogP contribution in [0.2, 0.25) is 0 Å². The molecule has 0 radical (unpaired) electrons. The van der Waals surface area contributed by atoms with Crippen LogP contribution in [0, 0.1) is 0 Å². The minimum atomic E-state index is 0.122. The third-order valence-electron chi connectivity index (χ3n) is 3.20. The van der Waals surface area contributed by atoms with E-state index in [-0.39, 0.29) is 11.9 Å². The van der Waals surface area contributed by atoms with Crippen molar-refractivity contribution in [3.8, 4) is 5.75 Å². The Labute approximate surface area is 102 Å². The maximum atomic E-state index is 12.1. The van der Waals surface area contributed by atoms with Crippen molar-refractivity contribution in [2.45, 2.75) is 32.3 Å². The van der Waals surface area contributed by atoms with Gasteiger partial charge in [-0.1, -0.05) is 12.1 Å². The van der Waals surface area contributed by atoms with E-state index < -0.39 is 0 Å². The average Bonchev–Trinajstić information content (AvgIpc) is 2.83. The lowest BCUT2D eigenvalue weighted by molar-refractivity contribution is 0.0875. The third-order valence-corrected chi connectivity index (χ3v) is 3.20. The molecule has 92 valence electrons. The smallest absolute Gasteiger partial charge is 0.166 e. The molecule has 0 aromatic heterocycles. The summed E-state index contributed by atoms with van der Waals surface area (Å²) in [6, 6.07) is 5.81. The van der Waals surface area contributed by atoms with Crippen LogP contribution >= 0.6 is 0 Å². The zero-order valence-electron chi connectivity index (χ0n) is 10.4. The number of Topliss-reactive ketones (excluding diaryl/α,β-unsaturated/α-hetero) is 1. The molecule has 1 atom stereocenters. The van der Waals surface area contributed by atoms with Gasteiger partial charge in [0.1, 0.15) is 5.75 Å². The lowest BCUT2D eigenvalue weighted by Crippen LogP contribution is -2.09. The van der Waals surface area contributed by atoms with Gasteiger partial charge in [-0.05, 0) is 25.0 Å². The minimum Gasteiger partial charge on any atom is -0.492 e. The normalized spacial score (nSPS) is 15.2. The molecule has 0 saturated heterocycles. The number of para-hydroxylation sites is 1. The number of hydrogen-bond acceptors (Lipinski definition) is 3. The molecule has 1 heterocycles. The summed E-state index contributed by atoms with van der Waals surface area (Å²) in [5, 5.41) is 0. The molecule has 1 unspecified atom stereocenters. The summed E-state index contributed by atoms with van der Waals surface area (Å²) in [7, 11) is 1.67. The van der Waals surface area contributed by atoms with Gasteiger partial charge in [0.25, 0.3) is 0 Å². The molecule has 17 heavy (non-hydrogen) atoms. The Balaban J connectivity index is 2.07. The molecule has 0 saturated carbocycles. The monoisotopic (exact) mass is 234 g/mol. The molecule has 1 aromatic rings. The van der Waals surface area contributed by atoms with Gasteiger partial charge in [-0.3, -0.25) is 4.79 Å². The van der Waals surface area contributed by atoms with Crippen molar-refractivity contribution < 1.29 is 14.3 Å². The molecule has 0 spiro atoms. The molecule has 0 bridgehead atoms. The number of methoxy groups -OCH3 is 1. The van der Waals surface area contributed by atoms with Crippen LogP contribution < -0.4 is 4.74 Å². The summed E-state index contributed by atoms with van der Waals surface area (Å²) >= 11 is 0. The number of rotatable bonds is 5. The first kappa shape index (κ1) is 12.1. The van der Waals surface area contributed by atoms with E-state index in [2.05, 4.69) is 0 Å². The van der Waals surface area contributed by atoms with E-state index in [1.807, 2.05) is 25.1 Å². The highest BCUT2D eigenvalue weighted by atomic mass is 16.5. The average molecular weight is 234 g/mol. The Hall–Kier alpha value is -1.35. The van der Waals surface area contributed by atoms with Gasteiger partial charge in [0, 0.05) is 20.0 Å². The molecule has 3 heteroatoms. The first-order valence-electron chi connectivity index (χ1n) is 6.03. The lowest BCUT2D eigenvalue weighted by Gasteiger charge is -2.10. The summed E-state index contributed by atoms with van der Waals surface area (Å²) in [6.45, 7) is 2.66. The Morgan fingerprint density at radius 2 is 2.35 bits per heavy atom. The van der Waals surface area contributed by atoms with E-state index in [0.29, 0.717) is 13.0 Å². The van der Waals surface area contributed by atoms with Gasteiger partial charge in [-0.15, -0.1) is 0 Å². The van der Waals surface area contributed by atoms with Crippen molar-refractivity contribution >= 4 is 5.78 Å². The quantitative estimate of drug-likeness (QED) is 0.735. The largest absolute Gasteiger partial charge is 0.492 e. The van der Waals surface area contributed by atoms with Crippen LogP contribution in [-0.2, 0) is 11.2 Å². The van der Waals surface area contributed by atoms with Gasteiger partial charge in [0.15, 0.2) is 5.78 Å². The Kier molecular flexibility index (Phi) is 3.79. The second-order valence-electron chi connectivity index (χ2n) is 4.40. The van der Waals surface area contributed by atoms with Crippen LogP contribution in [0.5, 0.6) is 5.75 Å². The van der Waals surface area contributed by atoms with Crippen LogP contribution in [-0.4, -0.2) is 25.6 Å². The molecule has 1 aliphatic heterocycles. The van der Waals surface area contributed by atoms with Crippen molar-refractivity contribution in [2.75, 3.05) is 13.7 Å². The van der Waals surface area contributed by atoms with Gasteiger partial charge in [-0.2, -0.15) is 0 Å². The van der Waals surface area contributed by atoms with E-state index in [4.69, 9.17) is 9.47 Å². The predicted molar refractivity (Wildman–Crippen MR) is 65.7 cm³/mol. The molecule has 0 amide bonds. The zero-order valence-corrected chi connectivity index (χ0v) is 10.4. The summed E-state index contributed by atoms with van der Waals surface area (Å²) in [6.07, 6.45) is 2.29. The molecule has 1 aromatic carbocycles. The number of ketones is 1. The van der Waals surface area contributed by atoms with Crippen molar-refractivity contribution in [2.24, 2.45) is 0 Å². The van der Waals surface area contributed by atoms with Crippen molar-refractivity contribution in [1.82, 2.24) is 0 Å². The maximum absolute atomic E-state index is 12.1. The standard InChI is InChI=1S/C14H18O3/c1-10(16-2)6-7-13(15)12-5-3-4-11-8-9-17-14(11)12/h3-5,10H,6-9H2,1-2H3. The number of benzene rings is 1. The fourth-order valence-corrected chi connectivity index (χ4v) is 2.02. The van der Waals surface area contributed by atoms with E-state index in [1.165, 1.54) is 0 Å². The molecule has 0 aliphatic carbocycles. The highest BCUT2D eigenvalue weighted by Crippen LogP contribution is 2.30. The van der Waals surface area contributed by atoms with Crippen molar-refractivity contribution in [1.29, 1.82) is 0 Å². The van der Waals surface area contributed by atoms with Crippen molar-refractivity contribution in [3.05, 3.63) is 29.3 Å². The summed E-state index contributed by atoms with van der Waals surface area (Å²) < 4.78 is 10.7. The highest BCUT2D eigenvalue weighted by Gasteiger charge is 2.20. The maximum Gasteiger partial charge on any atom is 0.166 e. The van der Waals surface area contributed by atoms with E-state index in [0.717, 1.165) is 29.7 Å². The second-order valence-corrected chi connectivity index (χ2v) is 4.40. The number of fused-ring (bicyclic) bond motifs is 1. The summed E-state index contributed by atoms with van der Waals surface area (Å²) in [5.41, 5.74) is 1.87. The number of hydrogen-bond donors (Lipinski definition) is 0. The topological polar surface area (TPSA) is 35.5 Å². The molecular weight excluding hydrogens is 216 g/mol. The fourth-order valence-electron chi connectivity index (χ4n) is 2.02. The minimum absolute atomic E-state index is 0.122. The van der Waals surface area contributed by atoms with Gasteiger partial charge >= 0.3 is 0 Å². The van der Waals surface area contributed by atoms with Crippen LogP contribution in [0.3, 0.4) is 0 Å². The summed E-state index contributed by atoms with van der Waals surface area (Å²) in [4.78, 5) is 12.1. The van der Waals surface area contributed by atoms with Gasteiger partial charge in [0.05, 0.1) is 18.3 Å². The Morgan fingerprint density at radius 1 is 1.53 bits per heavy atom. The van der Waals surface area contributed by atoms with Crippen LogP contribution in [0.4, 0.5) is 0 Å². The van der Waals surface area contributed by atoms with Crippen LogP contribution in [0.25, 0.3) is 0 Å². The molecule has 3 nitrogen and oxygen atoms in total. The number of carbonyl (C=O) groups is 1. The highest BCUT2D eigenvalue weighted by molar-refractivity contribution is 5.99. The molecule has 0 N–H and O–H groups in total. The first-order chi connectivity index (χ1) is 8.22. The van der Waals surface area contributed by atoms with Crippen molar-refractivity contribution in [3.63, 3.8) is 0 Å². The zero-order chi connectivity index (χ0) is 12.3. The van der Waals surface area contributed by atoms with E-state index >= 15 is 0 Å². The third kappa shape index (κ3) is 2.67. The van der Waals surface area contributed by atoms with Gasteiger partial charge in [0.2, 0.25) is 0 Å². The number of carbonyl (C=O) groups excluding carboxylic acids is 1. The lowest BCUT2D eigenvalue weighted by atomic mass is 10.0. The van der Waals surface area contributed by atoms with Gasteiger partial charge < -0.3 is 9.47 Å². The summed E-state index contributed by atoms with van der Waals surface area (Å²) in [5.74, 6) is 0.940. The second kappa shape index (κ2) is 5.32. The van der Waals surface area contributed by atoms with E-state index in [9.17, 15) is 4.79 Å². The Morgan fingerprint density at radius 3 is 3.12 bits per heavy atom. The van der Waals surface area contributed by atoms with E-state index in [1.54, 1.807) is 7.11 Å². The van der Waals surface area contributed by atoms with Crippen LogP contribution in [0.15, 0.2) is 18.2 Å². The molecule has 2 rings (SSSR count). The molecular formula is C14H18O3. The first-order valence-corrected chi connectivity index (χ1v) is 6.03. The Bertz CT molecular complexity index is 412. The molecule has 1 aliphatic rings. The van der Waals surface area contributed by atoms with Gasteiger partial charge in [-0.25, -0.2) is 0 Å². The SMILES string of the molecule is COC(C)CCC(=O)c1cccc2c1OCC2. The molecule has 0 fully saturated rings. The number of ether oxygens (including phenoxy) is 2.